The lowest BCUT2D eigenvalue weighted by Gasteiger charge is -2.32. The molecule has 1 aromatic heterocycles. The van der Waals surface area contributed by atoms with E-state index in [1.807, 2.05) is 17.0 Å². The Labute approximate surface area is 127 Å². The molecule has 0 aliphatic carbocycles. The molecule has 0 bridgehead atoms. The van der Waals surface area contributed by atoms with E-state index in [2.05, 4.69) is 21.2 Å². The topological polar surface area (TPSA) is 54.7 Å². The number of carbonyl (C=O) groups excluding carboxylic acids is 1. The summed E-state index contributed by atoms with van der Waals surface area (Å²) >= 11 is 3.29. The maximum Gasteiger partial charge on any atom is 0.224 e. The van der Waals surface area contributed by atoms with Crippen molar-refractivity contribution < 1.29 is 13.9 Å². The Morgan fingerprint density at radius 1 is 1.50 bits per heavy atom. The monoisotopic (exact) mass is 344 g/mol. The largest absolute Gasteiger partial charge is 0.453 e. The number of nitrogens with zero attached hydrogens (tertiary/aromatic N) is 1. The molecule has 0 unspecified atom stereocenters. The van der Waals surface area contributed by atoms with Crippen molar-refractivity contribution in [3.63, 3.8) is 0 Å². The van der Waals surface area contributed by atoms with Crippen LogP contribution in [0.4, 0.5) is 0 Å². The van der Waals surface area contributed by atoms with Crippen LogP contribution >= 0.6 is 15.9 Å². The summed E-state index contributed by atoms with van der Waals surface area (Å²) in [5.41, 5.74) is 0. The summed E-state index contributed by atoms with van der Waals surface area (Å²) in [5, 5.41) is 3.48. The van der Waals surface area contributed by atoms with Crippen molar-refractivity contribution in [2.75, 3.05) is 26.8 Å². The van der Waals surface area contributed by atoms with Crippen molar-refractivity contribution in [1.82, 2.24) is 10.2 Å². The number of ether oxygens (including phenoxy) is 1. The van der Waals surface area contributed by atoms with Crippen LogP contribution < -0.4 is 5.32 Å². The van der Waals surface area contributed by atoms with E-state index < -0.39 is 0 Å². The zero-order chi connectivity index (χ0) is 14.4. The summed E-state index contributed by atoms with van der Waals surface area (Å²) in [5.74, 6) is 1.12. The van der Waals surface area contributed by atoms with E-state index in [0.717, 1.165) is 42.9 Å². The Morgan fingerprint density at radius 3 is 2.85 bits per heavy atom. The van der Waals surface area contributed by atoms with Gasteiger partial charge in [-0.3, -0.25) is 4.79 Å². The Bertz CT molecular complexity index is 428. The van der Waals surface area contributed by atoms with Gasteiger partial charge in [-0.2, -0.15) is 0 Å². The van der Waals surface area contributed by atoms with E-state index in [-0.39, 0.29) is 5.91 Å². The molecule has 112 valence electrons. The molecule has 0 spiro atoms. The van der Waals surface area contributed by atoms with Crippen molar-refractivity contribution in [2.24, 2.45) is 0 Å². The number of furan rings is 1. The fourth-order valence-corrected chi connectivity index (χ4v) is 2.71. The number of hydrogen-bond acceptors (Lipinski definition) is 4. The van der Waals surface area contributed by atoms with Gasteiger partial charge in [-0.15, -0.1) is 0 Å². The standard InChI is InChI=1S/C14H21BrN2O3/c1-19-9-6-14(18)17-7-4-11(5-8-17)16-10-12-2-3-13(15)20-12/h2-3,11,16H,4-10H2,1H3. The third-order valence-corrected chi connectivity index (χ3v) is 3.99. The van der Waals surface area contributed by atoms with E-state index in [0.29, 0.717) is 19.1 Å². The van der Waals surface area contributed by atoms with Crippen molar-refractivity contribution in [3.8, 4) is 0 Å². The van der Waals surface area contributed by atoms with Gasteiger partial charge < -0.3 is 19.4 Å². The minimum absolute atomic E-state index is 0.195. The van der Waals surface area contributed by atoms with Gasteiger partial charge in [-0.05, 0) is 40.9 Å². The SMILES string of the molecule is COCCC(=O)N1CCC(NCc2ccc(Br)o2)CC1. The van der Waals surface area contributed by atoms with Crippen LogP contribution in [0.5, 0.6) is 0 Å². The molecule has 1 N–H and O–H groups in total. The molecule has 5 nitrogen and oxygen atoms in total. The van der Waals surface area contributed by atoms with Crippen LogP contribution in [0.1, 0.15) is 25.0 Å². The number of amides is 1. The van der Waals surface area contributed by atoms with E-state index in [4.69, 9.17) is 9.15 Å². The van der Waals surface area contributed by atoms with Gasteiger partial charge in [0.25, 0.3) is 0 Å². The van der Waals surface area contributed by atoms with Gasteiger partial charge in [0.15, 0.2) is 4.67 Å². The summed E-state index contributed by atoms with van der Waals surface area (Å²) in [6.07, 6.45) is 2.45. The summed E-state index contributed by atoms with van der Waals surface area (Å²) in [6, 6.07) is 4.31. The Morgan fingerprint density at radius 2 is 2.25 bits per heavy atom. The van der Waals surface area contributed by atoms with Crippen LogP contribution in [0.15, 0.2) is 21.2 Å². The Hall–Kier alpha value is -0.850. The molecular weight excluding hydrogens is 324 g/mol. The molecule has 1 aliphatic heterocycles. The van der Waals surface area contributed by atoms with Gasteiger partial charge in [0.2, 0.25) is 5.91 Å². The van der Waals surface area contributed by atoms with Gasteiger partial charge in [0.1, 0.15) is 5.76 Å². The van der Waals surface area contributed by atoms with Crippen LogP contribution in [0, 0.1) is 0 Å². The van der Waals surface area contributed by atoms with E-state index in [9.17, 15) is 4.79 Å². The Kier molecular flexibility index (Phi) is 6.06. The molecule has 6 heteroatoms. The smallest absolute Gasteiger partial charge is 0.224 e. The molecule has 2 rings (SSSR count). The lowest BCUT2D eigenvalue weighted by atomic mass is 10.0. The first-order valence-electron chi connectivity index (χ1n) is 6.93. The maximum absolute atomic E-state index is 11.9. The fourth-order valence-electron chi connectivity index (χ4n) is 2.37. The number of hydrogen-bond donors (Lipinski definition) is 1. The zero-order valence-corrected chi connectivity index (χ0v) is 13.3. The molecule has 1 fully saturated rings. The van der Waals surface area contributed by atoms with Crippen LogP contribution in [-0.2, 0) is 16.1 Å². The van der Waals surface area contributed by atoms with Crippen molar-refractivity contribution in [3.05, 3.63) is 22.6 Å². The van der Waals surface area contributed by atoms with Gasteiger partial charge in [0, 0.05) is 26.2 Å². The lowest BCUT2D eigenvalue weighted by Crippen LogP contribution is -2.44. The molecule has 0 radical (unpaired) electrons. The maximum atomic E-state index is 11.9. The summed E-state index contributed by atoms with van der Waals surface area (Å²) in [7, 11) is 1.62. The summed E-state index contributed by atoms with van der Waals surface area (Å²) < 4.78 is 11.2. The number of piperidine rings is 1. The summed E-state index contributed by atoms with van der Waals surface area (Å²) in [6.45, 7) is 2.88. The summed E-state index contributed by atoms with van der Waals surface area (Å²) in [4.78, 5) is 13.8. The second-order valence-corrected chi connectivity index (χ2v) is 5.77. The molecule has 1 aliphatic rings. The number of rotatable bonds is 6. The predicted octanol–water partition coefficient (Wildman–Crippen LogP) is 2.16. The molecular formula is C14H21BrN2O3. The number of carbonyl (C=O) groups is 1. The second kappa shape index (κ2) is 7.81. The average molecular weight is 345 g/mol. The van der Waals surface area contributed by atoms with Crippen LogP contribution in [0.25, 0.3) is 0 Å². The number of nitrogens with one attached hydrogen (secondary N) is 1. The Balaban J connectivity index is 1.67. The highest BCUT2D eigenvalue weighted by molar-refractivity contribution is 9.10. The molecule has 0 atom stereocenters. The van der Waals surface area contributed by atoms with E-state index >= 15 is 0 Å². The first-order chi connectivity index (χ1) is 9.69. The third kappa shape index (κ3) is 4.61. The quantitative estimate of drug-likeness (QED) is 0.859. The number of likely N-dealkylation sites (tertiary alicyclic amines) is 1. The zero-order valence-electron chi connectivity index (χ0n) is 11.7. The van der Waals surface area contributed by atoms with Gasteiger partial charge in [-0.25, -0.2) is 0 Å². The normalized spacial score (nSPS) is 16.6. The first kappa shape index (κ1) is 15.5. The average Bonchev–Trinajstić information content (AvgIpc) is 2.89. The third-order valence-electron chi connectivity index (χ3n) is 3.56. The lowest BCUT2D eigenvalue weighted by molar-refractivity contribution is -0.133. The molecule has 0 aromatic carbocycles. The van der Waals surface area contributed by atoms with E-state index in [1.165, 1.54) is 0 Å². The van der Waals surface area contributed by atoms with E-state index in [1.54, 1.807) is 7.11 Å². The number of halogens is 1. The van der Waals surface area contributed by atoms with Gasteiger partial charge >= 0.3 is 0 Å². The predicted molar refractivity (Wildman–Crippen MR) is 79.3 cm³/mol. The highest BCUT2D eigenvalue weighted by atomic mass is 79.9. The minimum atomic E-state index is 0.195. The molecule has 1 amide bonds. The van der Waals surface area contributed by atoms with Crippen molar-refractivity contribution in [1.29, 1.82) is 0 Å². The molecule has 0 saturated carbocycles. The molecule has 1 aromatic rings. The van der Waals surface area contributed by atoms with Gasteiger partial charge in [0.05, 0.1) is 19.6 Å². The van der Waals surface area contributed by atoms with Crippen molar-refractivity contribution in [2.45, 2.75) is 31.8 Å². The first-order valence-corrected chi connectivity index (χ1v) is 7.72. The second-order valence-electron chi connectivity index (χ2n) is 4.98. The molecule has 20 heavy (non-hydrogen) atoms. The highest BCUT2D eigenvalue weighted by Crippen LogP contribution is 2.16. The van der Waals surface area contributed by atoms with Crippen LogP contribution in [-0.4, -0.2) is 43.7 Å². The fraction of sp³-hybridized carbons (Fsp3) is 0.643. The minimum Gasteiger partial charge on any atom is -0.453 e. The molecule has 2 heterocycles. The van der Waals surface area contributed by atoms with Crippen LogP contribution in [0.3, 0.4) is 0 Å². The van der Waals surface area contributed by atoms with Crippen LogP contribution in [0.2, 0.25) is 0 Å². The highest BCUT2D eigenvalue weighted by Gasteiger charge is 2.22. The van der Waals surface area contributed by atoms with Gasteiger partial charge in [-0.1, -0.05) is 0 Å². The van der Waals surface area contributed by atoms with Crippen molar-refractivity contribution >= 4 is 21.8 Å². The number of methoxy groups -OCH3 is 1. The molecule has 1 saturated heterocycles.